The lowest BCUT2D eigenvalue weighted by Gasteiger charge is -2.41. The molecule has 5 heterocycles. The normalized spacial score (nSPS) is 19.1. The molecule has 51 heavy (non-hydrogen) atoms. The summed E-state index contributed by atoms with van der Waals surface area (Å²) in [6.45, 7) is 3.57. The summed E-state index contributed by atoms with van der Waals surface area (Å²) in [6.07, 6.45) is 0.692. The van der Waals surface area contributed by atoms with Crippen molar-refractivity contribution in [3.63, 3.8) is 0 Å². The number of H-pyrrole nitrogens is 1. The number of rotatable bonds is 6. The van der Waals surface area contributed by atoms with Gasteiger partial charge in [-0.3, -0.25) is 14.3 Å². The molecule has 1 atom stereocenters. The van der Waals surface area contributed by atoms with Crippen molar-refractivity contribution < 1.29 is 27.5 Å². The number of likely N-dealkylation sites (tertiary alicyclic amines) is 3. The van der Waals surface area contributed by atoms with E-state index in [0.29, 0.717) is 43.0 Å². The zero-order valence-electron chi connectivity index (χ0n) is 28.1. The third-order valence-electron chi connectivity index (χ3n) is 10.7. The number of nitrogen functional groups attached to an aromatic ring is 1. The predicted octanol–water partition coefficient (Wildman–Crippen LogP) is 6.10. The van der Waals surface area contributed by atoms with E-state index in [1.807, 2.05) is 24.3 Å². The summed E-state index contributed by atoms with van der Waals surface area (Å²) in [5, 5.41) is 0.841. The van der Waals surface area contributed by atoms with Crippen molar-refractivity contribution >= 4 is 55.6 Å². The third kappa shape index (κ3) is 7.32. The van der Waals surface area contributed by atoms with Crippen LogP contribution in [0.25, 0.3) is 21.9 Å². The maximum Gasteiger partial charge on any atom is 0.418 e. The summed E-state index contributed by atoms with van der Waals surface area (Å²) in [4.78, 5) is 53.9. The number of piperidine rings is 3. The summed E-state index contributed by atoms with van der Waals surface area (Å²) in [6, 6.07) is 10.1. The average Bonchev–Trinajstić information content (AvgIpc) is 3.48. The number of hydrogen-bond acceptors (Lipinski definition) is 7. The van der Waals surface area contributed by atoms with Crippen LogP contribution in [-0.2, 0) is 22.1 Å². The smallest absolute Gasteiger partial charge is 0.418 e. The van der Waals surface area contributed by atoms with E-state index in [2.05, 4.69) is 30.8 Å². The number of carbonyl (C=O) groups excluding carboxylic acids is 2. The van der Waals surface area contributed by atoms with Gasteiger partial charge in [0.1, 0.15) is 0 Å². The number of halogens is 4. The molecule has 4 aromatic rings. The fraction of sp³-hybridized carbons (Fsp3) is 0.500. The van der Waals surface area contributed by atoms with Gasteiger partial charge < -0.3 is 30.2 Å². The van der Waals surface area contributed by atoms with Gasteiger partial charge in [-0.2, -0.15) is 13.2 Å². The van der Waals surface area contributed by atoms with Gasteiger partial charge in [0.15, 0.2) is 6.10 Å². The molecule has 0 aliphatic carbocycles. The highest BCUT2D eigenvalue weighted by molar-refractivity contribution is 9.10. The topological polar surface area (TPSA) is 130 Å². The fourth-order valence-corrected chi connectivity index (χ4v) is 8.45. The summed E-state index contributed by atoms with van der Waals surface area (Å²) < 4.78 is 49.2. The Bertz CT molecular complexity index is 1980. The monoisotopic (exact) mass is 771 g/mol. The Kier molecular flexibility index (Phi) is 10.0. The first-order chi connectivity index (χ1) is 24.5. The van der Waals surface area contributed by atoms with Crippen LogP contribution in [0.4, 0.5) is 23.7 Å². The molecule has 3 fully saturated rings. The minimum atomic E-state index is -4.71. The number of anilines is 1. The zero-order chi connectivity index (χ0) is 35.9. The molecule has 3 N–H and O–H groups in total. The first kappa shape index (κ1) is 35.3. The lowest BCUT2D eigenvalue weighted by molar-refractivity contribution is -0.142. The van der Waals surface area contributed by atoms with Crippen molar-refractivity contribution in [3.8, 4) is 0 Å². The Morgan fingerprint density at radius 1 is 0.961 bits per heavy atom. The Morgan fingerprint density at radius 3 is 2.33 bits per heavy atom. The number of para-hydroxylation sites is 1. The van der Waals surface area contributed by atoms with Gasteiger partial charge in [0.25, 0.3) is 5.91 Å². The summed E-state index contributed by atoms with van der Waals surface area (Å²) >= 11 is 3.13. The Balaban J connectivity index is 1.07. The molecule has 0 saturated carbocycles. The SMILES string of the molecule is Nc1c(Br)cc(C[C@@H](OC(=O)N2CCC(n3c(=O)[nH]c4c5ccccc5ncc43)CC2)C(=O)N2CCC(N3CCCCC3)CC2)cc1C(F)(F)F. The predicted molar refractivity (Wildman–Crippen MR) is 190 cm³/mol. The molecule has 3 saturated heterocycles. The molecule has 2 amide bonds. The van der Waals surface area contributed by atoms with Gasteiger partial charge in [-0.05, 0) is 91.3 Å². The number of pyridine rings is 1. The number of benzene rings is 2. The van der Waals surface area contributed by atoms with Crippen molar-refractivity contribution in [2.24, 2.45) is 0 Å². The number of carbonyl (C=O) groups is 2. The minimum absolute atomic E-state index is 0.0463. The summed E-state index contributed by atoms with van der Waals surface area (Å²) in [7, 11) is 0. The second-order valence-electron chi connectivity index (χ2n) is 13.8. The molecule has 2 aromatic heterocycles. The third-order valence-corrected chi connectivity index (χ3v) is 11.3. The van der Waals surface area contributed by atoms with E-state index < -0.39 is 35.5 Å². The van der Waals surface area contributed by atoms with Gasteiger partial charge in [-0.15, -0.1) is 0 Å². The maximum absolute atomic E-state index is 14.0. The molecule has 0 radical (unpaired) electrons. The van der Waals surface area contributed by atoms with Crippen LogP contribution in [0.2, 0.25) is 0 Å². The Morgan fingerprint density at radius 2 is 1.63 bits per heavy atom. The van der Waals surface area contributed by atoms with Crippen molar-refractivity contribution in [2.45, 2.75) is 75.7 Å². The molecule has 15 heteroatoms. The van der Waals surface area contributed by atoms with E-state index in [1.54, 1.807) is 15.7 Å². The van der Waals surface area contributed by atoms with Crippen LogP contribution in [-0.4, -0.2) is 92.6 Å². The van der Waals surface area contributed by atoms with E-state index in [-0.39, 0.29) is 41.3 Å². The quantitative estimate of drug-likeness (QED) is 0.227. The molecule has 7 rings (SSSR count). The molecule has 0 bridgehead atoms. The van der Waals surface area contributed by atoms with Crippen molar-refractivity contribution in [2.75, 3.05) is 45.0 Å². The molecule has 272 valence electrons. The highest BCUT2D eigenvalue weighted by atomic mass is 79.9. The summed E-state index contributed by atoms with van der Waals surface area (Å²) in [5.74, 6) is -0.429. The maximum atomic E-state index is 14.0. The second-order valence-corrected chi connectivity index (χ2v) is 14.7. The lowest BCUT2D eigenvalue weighted by atomic mass is 9.98. The average molecular weight is 773 g/mol. The lowest BCUT2D eigenvalue weighted by Crippen LogP contribution is -2.52. The number of hydrogen-bond donors (Lipinski definition) is 2. The Hall–Kier alpha value is -4.11. The number of alkyl halides is 3. The van der Waals surface area contributed by atoms with E-state index in [9.17, 15) is 27.6 Å². The molecule has 11 nitrogen and oxygen atoms in total. The first-order valence-electron chi connectivity index (χ1n) is 17.6. The van der Waals surface area contributed by atoms with Gasteiger partial charge in [-0.1, -0.05) is 24.6 Å². The molecule has 0 spiro atoms. The van der Waals surface area contributed by atoms with Gasteiger partial charge in [0.2, 0.25) is 0 Å². The number of fused-ring (bicyclic) bond motifs is 3. The van der Waals surface area contributed by atoms with Gasteiger partial charge in [0.05, 0.1) is 34.0 Å². The van der Waals surface area contributed by atoms with Crippen LogP contribution in [0.5, 0.6) is 0 Å². The minimum Gasteiger partial charge on any atom is -0.436 e. The largest absolute Gasteiger partial charge is 0.436 e. The standard InChI is InChI=1S/C36H41BrF3N7O4/c37-27-19-22(18-26(31(27)41)36(38,39)40)20-30(33(48)45-14-8-23(9-15-45)44-12-4-1-5-13-44)51-35(50)46-16-10-24(11-17-46)47-29-21-42-28-7-3-2-6-25(28)32(29)43-34(47)49/h2-3,6-7,18-19,21,23-24,30H,1,4-5,8-17,20,41H2,(H,43,49)/t30-/m1/s1. The number of aromatic nitrogens is 3. The highest BCUT2D eigenvalue weighted by Gasteiger charge is 2.37. The van der Waals surface area contributed by atoms with Gasteiger partial charge >= 0.3 is 18.0 Å². The second kappa shape index (κ2) is 14.5. The molecule has 2 aromatic carbocycles. The van der Waals surface area contributed by atoms with Crippen molar-refractivity contribution in [1.29, 1.82) is 0 Å². The number of aromatic amines is 1. The first-order valence-corrected chi connectivity index (χ1v) is 18.4. The zero-order valence-corrected chi connectivity index (χ0v) is 29.7. The highest BCUT2D eigenvalue weighted by Crippen LogP contribution is 2.38. The summed E-state index contributed by atoms with van der Waals surface area (Å²) in [5.41, 5.74) is 6.33. The Labute approximate surface area is 301 Å². The van der Waals surface area contributed by atoms with Crippen LogP contribution < -0.4 is 11.4 Å². The van der Waals surface area contributed by atoms with E-state index in [4.69, 9.17) is 10.5 Å². The van der Waals surface area contributed by atoms with Crippen molar-refractivity contribution in [3.05, 3.63) is 68.7 Å². The molecular weight excluding hydrogens is 731 g/mol. The molecular formula is C36H41BrF3N7O4. The number of nitrogens with zero attached hydrogens (tertiary/aromatic N) is 5. The fourth-order valence-electron chi connectivity index (χ4n) is 7.95. The molecule has 3 aliphatic rings. The van der Waals surface area contributed by atoms with Crippen LogP contribution in [0, 0.1) is 0 Å². The van der Waals surface area contributed by atoms with Crippen molar-refractivity contribution in [1.82, 2.24) is 29.2 Å². The number of amides is 2. The molecule has 0 unspecified atom stereocenters. The number of imidazole rings is 1. The van der Waals surface area contributed by atoms with Gasteiger partial charge in [0, 0.05) is 54.5 Å². The number of nitrogens with one attached hydrogen (secondary N) is 1. The van der Waals surface area contributed by atoms with E-state index in [0.717, 1.165) is 42.9 Å². The van der Waals surface area contributed by atoms with E-state index in [1.165, 1.54) is 30.2 Å². The number of nitrogens with two attached hydrogens (primary N) is 1. The molecule has 3 aliphatic heterocycles. The number of ether oxygens (including phenoxy) is 1. The van der Waals surface area contributed by atoms with Gasteiger partial charge in [-0.25, -0.2) is 9.59 Å². The van der Waals surface area contributed by atoms with Crippen LogP contribution >= 0.6 is 15.9 Å². The van der Waals surface area contributed by atoms with Crippen LogP contribution in [0.15, 0.2) is 51.9 Å². The van der Waals surface area contributed by atoms with Crippen LogP contribution in [0.3, 0.4) is 0 Å². The van der Waals surface area contributed by atoms with E-state index >= 15 is 0 Å². The van der Waals surface area contributed by atoms with Crippen LogP contribution in [0.1, 0.15) is 62.1 Å².